The molecule has 5 heteroatoms. The zero-order valence-electron chi connectivity index (χ0n) is 13.2. The molecule has 22 heavy (non-hydrogen) atoms. The number of carbonyl (C=O) groups is 1. The van der Waals surface area contributed by atoms with Crippen molar-refractivity contribution in [1.82, 2.24) is 9.55 Å². The molecule has 0 saturated heterocycles. The van der Waals surface area contributed by atoms with Crippen LogP contribution in [0.1, 0.15) is 42.4 Å². The van der Waals surface area contributed by atoms with Crippen molar-refractivity contribution in [3.63, 3.8) is 0 Å². The number of hydrogen-bond donors (Lipinski definition) is 0. The van der Waals surface area contributed by atoms with E-state index in [2.05, 4.69) is 4.98 Å². The first-order valence-electron chi connectivity index (χ1n) is 7.40. The molecular weight excluding hydrogens is 280 g/mol. The molecule has 0 spiro atoms. The SMILES string of the molecule is COC(C)CCOC(=O)c1cncn1[C@H](C)c1ccccc1. The second kappa shape index (κ2) is 7.75. The normalized spacial score (nSPS) is 13.6. The number of methoxy groups -OCH3 is 1. The summed E-state index contributed by atoms with van der Waals surface area (Å²) in [5.41, 5.74) is 1.57. The topological polar surface area (TPSA) is 53.4 Å². The first-order chi connectivity index (χ1) is 10.6. The third-order valence-electron chi connectivity index (χ3n) is 3.73. The van der Waals surface area contributed by atoms with Crippen LogP contribution in [-0.2, 0) is 9.47 Å². The van der Waals surface area contributed by atoms with Crippen molar-refractivity contribution in [2.75, 3.05) is 13.7 Å². The van der Waals surface area contributed by atoms with Gasteiger partial charge in [0.15, 0.2) is 0 Å². The molecule has 0 aliphatic heterocycles. The number of carbonyl (C=O) groups excluding carboxylic acids is 1. The van der Waals surface area contributed by atoms with Crippen molar-refractivity contribution in [3.05, 3.63) is 54.1 Å². The Balaban J connectivity index is 2.04. The molecule has 5 nitrogen and oxygen atoms in total. The van der Waals surface area contributed by atoms with Crippen LogP contribution >= 0.6 is 0 Å². The summed E-state index contributed by atoms with van der Waals surface area (Å²) in [5, 5.41) is 0. The molecular formula is C17H22N2O3. The minimum absolute atomic E-state index is 0.0177. The fraction of sp³-hybridized carbons (Fsp3) is 0.412. The van der Waals surface area contributed by atoms with E-state index in [0.29, 0.717) is 18.7 Å². The number of nitrogens with zero attached hydrogens (tertiary/aromatic N) is 2. The largest absolute Gasteiger partial charge is 0.461 e. The average molecular weight is 302 g/mol. The van der Waals surface area contributed by atoms with Gasteiger partial charge in [-0.05, 0) is 19.4 Å². The number of esters is 1. The molecule has 2 rings (SSSR count). The predicted molar refractivity (Wildman–Crippen MR) is 83.9 cm³/mol. The highest BCUT2D eigenvalue weighted by Gasteiger charge is 2.18. The number of rotatable bonds is 7. The minimum Gasteiger partial charge on any atom is -0.461 e. The van der Waals surface area contributed by atoms with Gasteiger partial charge in [0.1, 0.15) is 5.69 Å². The minimum atomic E-state index is -0.358. The molecule has 0 radical (unpaired) electrons. The number of imidazole rings is 1. The van der Waals surface area contributed by atoms with Gasteiger partial charge in [0.2, 0.25) is 0 Å². The van der Waals surface area contributed by atoms with Gasteiger partial charge in [-0.1, -0.05) is 30.3 Å². The van der Waals surface area contributed by atoms with Gasteiger partial charge in [0.25, 0.3) is 0 Å². The Kier molecular flexibility index (Phi) is 5.72. The zero-order valence-corrected chi connectivity index (χ0v) is 13.2. The van der Waals surface area contributed by atoms with Gasteiger partial charge in [0, 0.05) is 13.5 Å². The number of ether oxygens (including phenoxy) is 2. The van der Waals surface area contributed by atoms with Crippen LogP contribution in [0.5, 0.6) is 0 Å². The maximum Gasteiger partial charge on any atom is 0.356 e. The van der Waals surface area contributed by atoms with Gasteiger partial charge in [0.05, 0.1) is 31.3 Å². The lowest BCUT2D eigenvalue weighted by atomic mass is 10.1. The maximum absolute atomic E-state index is 12.2. The smallest absolute Gasteiger partial charge is 0.356 e. The molecule has 0 aliphatic rings. The summed E-state index contributed by atoms with van der Waals surface area (Å²) in [6, 6.07) is 10.0. The molecule has 1 aromatic carbocycles. The zero-order chi connectivity index (χ0) is 15.9. The molecule has 1 unspecified atom stereocenters. The van der Waals surface area contributed by atoms with Crippen molar-refractivity contribution < 1.29 is 14.3 Å². The Bertz CT molecular complexity index is 595. The highest BCUT2D eigenvalue weighted by atomic mass is 16.5. The molecule has 0 saturated carbocycles. The van der Waals surface area contributed by atoms with E-state index in [1.165, 1.54) is 0 Å². The predicted octanol–water partition coefficient (Wildman–Crippen LogP) is 3.07. The molecule has 118 valence electrons. The van der Waals surface area contributed by atoms with E-state index in [9.17, 15) is 4.79 Å². The molecule has 1 heterocycles. The van der Waals surface area contributed by atoms with Crippen LogP contribution in [0.15, 0.2) is 42.9 Å². The molecule has 0 amide bonds. The Hall–Kier alpha value is -2.14. The van der Waals surface area contributed by atoms with Gasteiger partial charge < -0.3 is 14.0 Å². The van der Waals surface area contributed by atoms with Crippen LogP contribution in [-0.4, -0.2) is 35.3 Å². The number of hydrogen-bond acceptors (Lipinski definition) is 4. The van der Waals surface area contributed by atoms with Gasteiger partial charge in [-0.25, -0.2) is 9.78 Å². The van der Waals surface area contributed by atoms with Crippen LogP contribution in [0.2, 0.25) is 0 Å². The molecule has 1 aromatic heterocycles. The van der Waals surface area contributed by atoms with E-state index < -0.39 is 0 Å². The van der Waals surface area contributed by atoms with Crippen LogP contribution < -0.4 is 0 Å². The number of aromatic nitrogens is 2. The molecule has 0 aliphatic carbocycles. The van der Waals surface area contributed by atoms with Crippen LogP contribution in [0.3, 0.4) is 0 Å². The van der Waals surface area contributed by atoms with E-state index in [4.69, 9.17) is 9.47 Å². The van der Waals surface area contributed by atoms with Gasteiger partial charge in [-0.2, -0.15) is 0 Å². The number of benzene rings is 1. The molecule has 2 aromatic rings. The summed E-state index contributed by atoms with van der Waals surface area (Å²) in [6.07, 6.45) is 3.94. The van der Waals surface area contributed by atoms with Crippen molar-refractivity contribution in [1.29, 1.82) is 0 Å². The lowest BCUT2D eigenvalue weighted by Crippen LogP contribution is -2.17. The Morgan fingerprint density at radius 2 is 2.00 bits per heavy atom. The standard InChI is InChI=1S/C17H22N2O3/c1-13(21-3)9-10-22-17(20)16-11-18-12-19(16)14(2)15-7-5-4-6-8-15/h4-8,11-14H,9-10H2,1-3H3/t13?,14-/m1/s1. The van der Waals surface area contributed by atoms with Gasteiger partial charge in [-0.15, -0.1) is 0 Å². The van der Waals surface area contributed by atoms with E-state index in [0.717, 1.165) is 5.56 Å². The first kappa shape index (κ1) is 16.2. The summed E-state index contributed by atoms with van der Waals surface area (Å²) < 4.78 is 12.3. The molecule has 0 N–H and O–H groups in total. The van der Waals surface area contributed by atoms with Crippen LogP contribution in [0.4, 0.5) is 0 Å². The Morgan fingerprint density at radius 1 is 1.27 bits per heavy atom. The van der Waals surface area contributed by atoms with E-state index >= 15 is 0 Å². The fourth-order valence-electron chi connectivity index (χ4n) is 2.17. The summed E-state index contributed by atoms with van der Waals surface area (Å²) in [4.78, 5) is 16.3. The third kappa shape index (κ3) is 3.95. The third-order valence-corrected chi connectivity index (χ3v) is 3.73. The maximum atomic E-state index is 12.2. The monoisotopic (exact) mass is 302 g/mol. The van der Waals surface area contributed by atoms with Crippen molar-refractivity contribution >= 4 is 5.97 Å². The Morgan fingerprint density at radius 3 is 2.68 bits per heavy atom. The van der Waals surface area contributed by atoms with E-state index in [1.54, 1.807) is 19.6 Å². The lowest BCUT2D eigenvalue weighted by molar-refractivity contribution is 0.0379. The molecule has 0 bridgehead atoms. The second-order valence-corrected chi connectivity index (χ2v) is 5.24. The van der Waals surface area contributed by atoms with Crippen LogP contribution in [0.25, 0.3) is 0 Å². The Labute approximate surface area is 130 Å². The van der Waals surface area contributed by atoms with E-state index in [1.807, 2.05) is 48.7 Å². The van der Waals surface area contributed by atoms with Crippen molar-refractivity contribution in [2.45, 2.75) is 32.4 Å². The van der Waals surface area contributed by atoms with E-state index in [-0.39, 0.29) is 18.1 Å². The van der Waals surface area contributed by atoms with Gasteiger partial charge in [-0.3, -0.25) is 0 Å². The van der Waals surface area contributed by atoms with Crippen LogP contribution in [0, 0.1) is 0 Å². The summed E-state index contributed by atoms with van der Waals surface area (Å²) in [7, 11) is 1.64. The molecule has 2 atom stereocenters. The summed E-state index contributed by atoms with van der Waals surface area (Å²) in [6.45, 7) is 4.30. The first-order valence-corrected chi connectivity index (χ1v) is 7.40. The highest BCUT2D eigenvalue weighted by molar-refractivity contribution is 5.87. The second-order valence-electron chi connectivity index (χ2n) is 5.24. The average Bonchev–Trinajstić information content (AvgIpc) is 3.04. The highest BCUT2D eigenvalue weighted by Crippen LogP contribution is 2.19. The molecule has 0 fully saturated rings. The van der Waals surface area contributed by atoms with Crippen molar-refractivity contribution in [3.8, 4) is 0 Å². The lowest BCUT2D eigenvalue weighted by Gasteiger charge is -2.16. The van der Waals surface area contributed by atoms with Crippen molar-refractivity contribution in [2.24, 2.45) is 0 Å². The summed E-state index contributed by atoms with van der Waals surface area (Å²) in [5.74, 6) is -0.358. The quantitative estimate of drug-likeness (QED) is 0.738. The fourth-order valence-corrected chi connectivity index (χ4v) is 2.17. The van der Waals surface area contributed by atoms with Gasteiger partial charge >= 0.3 is 5.97 Å². The summed E-state index contributed by atoms with van der Waals surface area (Å²) >= 11 is 0.